The van der Waals surface area contributed by atoms with Gasteiger partial charge in [-0.05, 0) is 31.9 Å². The standard InChI is InChI=1S/C13H18O3/c1-11(15)12(7-9-14)8-10-16-13-5-3-2-4-6-13/h2-6,12,14H,7-10H2,1H3. The van der Waals surface area contributed by atoms with Crippen LogP contribution >= 0.6 is 0 Å². The minimum absolute atomic E-state index is 0.0512. The van der Waals surface area contributed by atoms with Gasteiger partial charge in [0.05, 0.1) is 6.61 Å². The largest absolute Gasteiger partial charge is 0.494 e. The fraction of sp³-hybridized carbons (Fsp3) is 0.462. The number of rotatable bonds is 7. The molecule has 0 saturated carbocycles. The normalized spacial score (nSPS) is 12.1. The number of carbonyl (C=O) groups is 1. The Kier molecular flexibility index (Phi) is 5.57. The quantitative estimate of drug-likeness (QED) is 0.768. The van der Waals surface area contributed by atoms with Crippen molar-refractivity contribution >= 4 is 5.78 Å². The van der Waals surface area contributed by atoms with Gasteiger partial charge >= 0.3 is 0 Å². The first-order valence-corrected chi connectivity index (χ1v) is 5.53. The summed E-state index contributed by atoms with van der Waals surface area (Å²) in [7, 11) is 0. The van der Waals surface area contributed by atoms with Gasteiger partial charge in [0, 0.05) is 12.5 Å². The first-order valence-electron chi connectivity index (χ1n) is 5.53. The van der Waals surface area contributed by atoms with E-state index in [2.05, 4.69) is 0 Å². The first kappa shape index (κ1) is 12.7. The predicted molar refractivity (Wildman–Crippen MR) is 62.4 cm³/mol. The number of benzene rings is 1. The molecular formula is C13H18O3. The molecule has 1 unspecified atom stereocenters. The van der Waals surface area contributed by atoms with E-state index in [1.807, 2.05) is 30.3 Å². The van der Waals surface area contributed by atoms with E-state index in [1.165, 1.54) is 0 Å². The second kappa shape index (κ2) is 7.01. The zero-order chi connectivity index (χ0) is 11.8. The maximum absolute atomic E-state index is 11.2. The van der Waals surface area contributed by atoms with Gasteiger partial charge in [-0.1, -0.05) is 18.2 Å². The molecule has 1 aromatic rings. The summed E-state index contributed by atoms with van der Waals surface area (Å²) in [5, 5.41) is 8.81. The zero-order valence-electron chi connectivity index (χ0n) is 9.56. The summed E-state index contributed by atoms with van der Waals surface area (Å²) in [6.45, 7) is 2.12. The Hall–Kier alpha value is -1.35. The molecule has 1 atom stereocenters. The number of para-hydroxylation sites is 1. The van der Waals surface area contributed by atoms with Crippen LogP contribution in [0, 0.1) is 5.92 Å². The Balaban J connectivity index is 2.31. The van der Waals surface area contributed by atoms with E-state index < -0.39 is 0 Å². The van der Waals surface area contributed by atoms with Crippen molar-refractivity contribution in [2.45, 2.75) is 19.8 Å². The monoisotopic (exact) mass is 222 g/mol. The maximum Gasteiger partial charge on any atom is 0.133 e. The highest BCUT2D eigenvalue weighted by Gasteiger charge is 2.13. The highest BCUT2D eigenvalue weighted by Crippen LogP contribution is 2.13. The van der Waals surface area contributed by atoms with Crippen molar-refractivity contribution in [3.63, 3.8) is 0 Å². The Labute approximate surface area is 96.1 Å². The fourth-order valence-corrected chi connectivity index (χ4v) is 1.54. The molecule has 0 amide bonds. The van der Waals surface area contributed by atoms with Gasteiger partial charge in [0.2, 0.25) is 0 Å². The lowest BCUT2D eigenvalue weighted by atomic mass is 9.98. The summed E-state index contributed by atoms with van der Waals surface area (Å²) in [6.07, 6.45) is 1.18. The van der Waals surface area contributed by atoms with Crippen LogP contribution in [0.15, 0.2) is 30.3 Å². The van der Waals surface area contributed by atoms with E-state index in [-0.39, 0.29) is 18.3 Å². The third-order valence-electron chi connectivity index (χ3n) is 2.53. The van der Waals surface area contributed by atoms with Gasteiger partial charge in [0.1, 0.15) is 11.5 Å². The molecular weight excluding hydrogens is 204 g/mol. The van der Waals surface area contributed by atoms with Crippen molar-refractivity contribution in [1.82, 2.24) is 0 Å². The molecule has 88 valence electrons. The summed E-state index contributed by atoms with van der Waals surface area (Å²) in [5.41, 5.74) is 0. The molecule has 16 heavy (non-hydrogen) atoms. The lowest BCUT2D eigenvalue weighted by Gasteiger charge is -2.12. The number of ketones is 1. The van der Waals surface area contributed by atoms with E-state index in [0.717, 1.165) is 5.75 Å². The molecule has 3 heteroatoms. The fourth-order valence-electron chi connectivity index (χ4n) is 1.54. The predicted octanol–water partition coefficient (Wildman–Crippen LogP) is 2.04. The van der Waals surface area contributed by atoms with Crippen molar-refractivity contribution in [3.05, 3.63) is 30.3 Å². The van der Waals surface area contributed by atoms with Crippen LogP contribution in [-0.4, -0.2) is 24.1 Å². The van der Waals surface area contributed by atoms with Gasteiger partial charge in [-0.15, -0.1) is 0 Å². The summed E-state index contributed by atoms with van der Waals surface area (Å²) in [4.78, 5) is 11.2. The topological polar surface area (TPSA) is 46.5 Å². The minimum atomic E-state index is -0.0892. The number of ether oxygens (including phenoxy) is 1. The van der Waals surface area contributed by atoms with E-state index in [0.29, 0.717) is 19.4 Å². The van der Waals surface area contributed by atoms with Crippen LogP contribution in [0.5, 0.6) is 5.75 Å². The lowest BCUT2D eigenvalue weighted by molar-refractivity contribution is -0.121. The Morgan fingerprint density at radius 3 is 2.56 bits per heavy atom. The van der Waals surface area contributed by atoms with E-state index in [4.69, 9.17) is 9.84 Å². The molecule has 0 saturated heterocycles. The molecule has 0 fully saturated rings. The minimum Gasteiger partial charge on any atom is -0.494 e. The molecule has 0 aliphatic heterocycles. The van der Waals surface area contributed by atoms with E-state index in [1.54, 1.807) is 6.92 Å². The maximum atomic E-state index is 11.2. The van der Waals surface area contributed by atoms with Crippen LogP contribution < -0.4 is 4.74 Å². The van der Waals surface area contributed by atoms with Crippen LogP contribution in [0.3, 0.4) is 0 Å². The summed E-state index contributed by atoms with van der Waals surface area (Å²) in [5.74, 6) is 0.841. The van der Waals surface area contributed by atoms with Crippen LogP contribution in [0.1, 0.15) is 19.8 Å². The Morgan fingerprint density at radius 1 is 1.31 bits per heavy atom. The number of hydrogen-bond acceptors (Lipinski definition) is 3. The zero-order valence-corrected chi connectivity index (χ0v) is 9.56. The molecule has 1 rings (SSSR count). The highest BCUT2D eigenvalue weighted by molar-refractivity contribution is 5.78. The van der Waals surface area contributed by atoms with Crippen molar-refractivity contribution in [1.29, 1.82) is 0 Å². The third kappa shape index (κ3) is 4.45. The SMILES string of the molecule is CC(=O)C(CCO)CCOc1ccccc1. The van der Waals surface area contributed by atoms with Crippen LogP contribution in [0.25, 0.3) is 0 Å². The van der Waals surface area contributed by atoms with Crippen molar-refractivity contribution in [2.75, 3.05) is 13.2 Å². The molecule has 0 aliphatic carbocycles. The van der Waals surface area contributed by atoms with Gasteiger partial charge in [0.15, 0.2) is 0 Å². The van der Waals surface area contributed by atoms with Crippen LogP contribution in [-0.2, 0) is 4.79 Å². The average molecular weight is 222 g/mol. The van der Waals surface area contributed by atoms with E-state index in [9.17, 15) is 4.79 Å². The third-order valence-corrected chi connectivity index (χ3v) is 2.53. The number of Topliss-reactive ketones (excluding diaryl/α,β-unsaturated/α-hetero) is 1. The number of carbonyl (C=O) groups excluding carboxylic acids is 1. The smallest absolute Gasteiger partial charge is 0.133 e. The van der Waals surface area contributed by atoms with Gasteiger partial charge in [0.25, 0.3) is 0 Å². The van der Waals surface area contributed by atoms with Gasteiger partial charge in [-0.2, -0.15) is 0 Å². The van der Waals surface area contributed by atoms with E-state index >= 15 is 0 Å². The average Bonchev–Trinajstić information content (AvgIpc) is 2.29. The molecule has 0 radical (unpaired) electrons. The summed E-state index contributed by atoms with van der Waals surface area (Å²) < 4.78 is 5.50. The summed E-state index contributed by atoms with van der Waals surface area (Å²) in [6, 6.07) is 9.51. The highest BCUT2D eigenvalue weighted by atomic mass is 16.5. The Bertz CT molecular complexity index is 308. The lowest BCUT2D eigenvalue weighted by Crippen LogP contribution is -2.16. The molecule has 1 aromatic carbocycles. The van der Waals surface area contributed by atoms with Crippen molar-refractivity contribution in [3.8, 4) is 5.75 Å². The second-order valence-electron chi connectivity index (χ2n) is 3.77. The molecule has 0 heterocycles. The number of hydrogen-bond donors (Lipinski definition) is 1. The Morgan fingerprint density at radius 2 is 2.00 bits per heavy atom. The molecule has 0 spiro atoms. The van der Waals surface area contributed by atoms with Crippen molar-refractivity contribution in [2.24, 2.45) is 5.92 Å². The molecule has 1 N–H and O–H groups in total. The number of aliphatic hydroxyl groups excluding tert-OH is 1. The summed E-state index contributed by atoms with van der Waals surface area (Å²) >= 11 is 0. The van der Waals surface area contributed by atoms with Gasteiger partial charge in [-0.25, -0.2) is 0 Å². The first-order chi connectivity index (χ1) is 7.74. The number of aliphatic hydroxyl groups is 1. The molecule has 0 bridgehead atoms. The van der Waals surface area contributed by atoms with Crippen LogP contribution in [0.2, 0.25) is 0 Å². The molecule has 0 aliphatic rings. The van der Waals surface area contributed by atoms with Gasteiger partial charge in [-0.3, -0.25) is 4.79 Å². The van der Waals surface area contributed by atoms with Gasteiger partial charge < -0.3 is 9.84 Å². The van der Waals surface area contributed by atoms with Crippen LogP contribution in [0.4, 0.5) is 0 Å². The van der Waals surface area contributed by atoms with Crippen molar-refractivity contribution < 1.29 is 14.6 Å². The molecule has 0 aromatic heterocycles. The second-order valence-corrected chi connectivity index (χ2v) is 3.77. The molecule has 3 nitrogen and oxygen atoms in total.